The van der Waals surface area contributed by atoms with Gasteiger partial charge in [-0.05, 0) is 25.5 Å². The van der Waals surface area contributed by atoms with Crippen molar-refractivity contribution in [3.8, 4) is 0 Å². The van der Waals surface area contributed by atoms with Crippen molar-refractivity contribution < 1.29 is 9.32 Å². The molecule has 1 N–H and O–H groups in total. The van der Waals surface area contributed by atoms with E-state index in [0.717, 1.165) is 44.6 Å². The molecule has 26 heavy (non-hydrogen) atoms. The SMILES string of the molecule is CN1CCNCC1c1noc(C(c2ccccc2)N2CCCCC2=O)n1. The Labute approximate surface area is 153 Å². The maximum Gasteiger partial charge on any atom is 0.254 e. The van der Waals surface area contributed by atoms with E-state index < -0.39 is 0 Å². The molecule has 0 saturated carbocycles. The predicted octanol–water partition coefficient (Wildman–Crippen LogP) is 1.75. The van der Waals surface area contributed by atoms with E-state index in [2.05, 4.69) is 22.4 Å². The molecular formula is C19H25N5O2. The lowest BCUT2D eigenvalue weighted by molar-refractivity contribution is -0.135. The van der Waals surface area contributed by atoms with Crippen LogP contribution in [0.4, 0.5) is 0 Å². The van der Waals surface area contributed by atoms with Crippen LogP contribution in [0.5, 0.6) is 0 Å². The maximum absolute atomic E-state index is 12.6. The van der Waals surface area contributed by atoms with Crippen LogP contribution in [0.2, 0.25) is 0 Å². The second-order valence-electron chi connectivity index (χ2n) is 7.05. The standard InChI is InChI=1S/C19H25N5O2/c1-23-12-10-20-13-15(23)18-21-19(26-22-18)17(14-7-3-2-4-8-14)24-11-6-5-9-16(24)25/h2-4,7-8,15,17,20H,5-6,9-13H2,1H3. The summed E-state index contributed by atoms with van der Waals surface area (Å²) >= 11 is 0. The Balaban J connectivity index is 1.67. The molecule has 7 nitrogen and oxygen atoms in total. The normalized spacial score (nSPS) is 23.2. The zero-order valence-electron chi connectivity index (χ0n) is 15.1. The van der Waals surface area contributed by atoms with Crippen molar-refractivity contribution in [1.29, 1.82) is 0 Å². The van der Waals surface area contributed by atoms with Crippen molar-refractivity contribution in [3.63, 3.8) is 0 Å². The molecule has 1 aromatic carbocycles. The molecule has 138 valence electrons. The van der Waals surface area contributed by atoms with Gasteiger partial charge in [-0.25, -0.2) is 0 Å². The van der Waals surface area contributed by atoms with Gasteiger partial charge >= 0.3 is 0 Å². The van der Waals surface area contributed by atoms with Gasteiger partial charge in [0, 0.05) is 32.6 Å². The first-order valence-electron chi connectivity index (χ1n) is 9.33. The Morgan fingerprint density at radius 2 is 2.08 bits per heavy atom. The molecule has 2 fully saturated rings. The predicted molar refractivity (Wildman–Crippen MR) is 96.4 cm³/mol. The van der Waals surface area contributed by atoms with E-state index >= 15 is 0 Å². The van der Waals surface area contributed by atoms with E-state index in [-0.39, 0.29) is 18.0 Å². The van der Waals surface area contributed by atoms with Crippen molar-refractivity contribution in [3.05, 3.63) is 47.6 Å². The van der Waals surface area contributed by atoms with E-state index in [4.69, 9.17) is 9.51 Å². The summed E-state index contributed by atoms with van der Waals surface area (Å²) in [4.78, 5) is 21.4. The number of nitrogens with zero attached hydrogens (tertiary/aromatic N) is 4. The van der Waals surface area contributed by atoms with Crippen LogP contribution in [0, 0.1) is 0 Å². The van der Waals surface area contributed by atoms with Crippen LogP contribution in [-0.2, 0) is 4.79 Å². The van der Waals surface area contributed by atoms with Crippen LogP contribution in [0.1, 0.15) is 48.6 Å². The van der Waals surface area contributed by atoms with Crippen LogP contribution < -0.4 is 5.32 Å². The number of hydrogen-bond acceptors (Lipinski definition) is 6. The molecule has 0 radical (unpaired) electrons. The lowest BCUT2D eigenvalue weighted by Crippen LogP contribution is -2.44. The van der Waals surface area contributed by atoms with Gasteiger partial charge in [0.05, 0.1) is 6.04 Å². The Kier molecular flexibility index (Phi) is 4.99. The molecule has 1 amide bonds. The second kappa shape index (κ2) is 7.55. The first kappa shape index (κ1) is 17.2. The third-order valence-electron chi connectivity index (χ3n) is 5.29. The first-order chi connectivity index (χ1) is 12.7. The smallest absolute Gasteiger partial charge is 0.254 e. The van der Waals surface area contributed by atoms with Crippen molar-refractivity contribution in [2.75, 3.05) is 33.2 Å². The lowest BCUT2D eigenvalue weighted by atomic mass is 10.0. The number of nitrogens with one attached hydrogen (secondary N) is 1. The average molecular weight is 355 g/mol. The van der Waals surface area contributed by atoms with E-state index in [0.29, 0.717) is 18.1 Å². The monoisotopic (exact) mass is 355 g/mol. The zero-order chi connectivity index (χ0) is 17.9. The number of benzene rings is 1. The van der Waals surface area contributed by atoms with Crippen molar-refractivity contribution in [2.24, 2.45) is 0 Å². The molecule has 0 spiro atoms. The number of carbonyl (C=O) groups excluding carboxylic acids is 1. The molecule has 2 atom stereocenters. The van der Waals surface area contributed by atoms with Crippen LogP contribution in [0.3, 0.4) is 0 Å². The molecule has 2 aliphatic rings. The number of amides is 1. The molecule has 1 aromatic heterocycles. The number of likely N-dealkylation sites (tertiary alicyclic amines) is 1. The Morgan fingerprint density at radius 1 is 1.23 bits per heavy atom. The van der Waals surface area contributed by atoms with Gasteiger partial charge < -0.3 is 14.7 Å². The summed E-state index contributed by atoms with van der Waals surface area (Å²) in [5.74, 6) is 1.34. The average Bonchev–Trinajstić information content (AvgIpc) is 3.14. The van der Waals surface area contributed by atoms with Gasteiger partial charge in [0.1, 0.15) is 6.04 Å². The van der Waals surface area contributed by atoms with Crippen LogP contribution in [0.25, 0.3) is 0 Å². The first-order valence-corrected chi connectivity index (χ1v) is 9.33. The number of likely N-dealkylation sites (N-methyl/N-ethyl adjacent to an activating group) is 1. The number of rotatable bonds is 4. The number of carbonyl (C=O) groups is 1. The zero-order valence-corrected chi connectivity index (χ0v) is 15.1. The molecule has 4 rings (SSSR count). The van der Waals surface area contributed by atoms with Gasteiger partial charge in [0.25, 0.3) is 5.89 Å². The highest BCUT2D eigenvalue weighted by Gasteiger charge is 2.34. The van der Waals surface area contributed by atoms with Crippen LogP contribution in [-0.4, -0.2) is 59.1 Å². The molecule has 0 aliphatic carbocycles. The number of hydrogen-bond donors (Lipinski definition) is 1. The third kappa shape index (κ3) is 3.37. The summed E-state index contributed by atoms with van der Waals surface area (Å²) < 4.78 is 5.67. The molecule has 2 aliphatic heterocycles. The molecular weight excluding hydrogens is 330 g/mol. The van der Waals surface area contributed by atoms with E-state index in [1.165, 1.54) is 0 Å². The molecule has 3 heterocycles. The fourth-order valence-electron chi connectivity index (χ4n) is 3.78. The fraction of sp³-hybridized carbons (Fsp3) is 0.526. The van der Waals surface area contributed by atoms with Crippen LogP contribution in [0.15, 0.2) is 34.9 Å². The molecule has 0 bridgehead atoms. The highest BCUT2D eigenvalue weighted by Crippen LogP contribution is 2.31. The highest BCUT2D eigenvalue weighted by molar-refractivity contribution is 5.77. The lowest BCUT2D eigenvalue weighted by Gasteiger charge is -2.33. The van der Waals surface area contributed by atoms with E-state index in [1.54, 1.807) is 0 Å². The second-order valence-corrected chi connectivity index (χ2v) is 7.05. The van der Waals surface area contributed by atoms with E-state index in [9.17, 15) is 4.79 Å². The van der Waals surface area contributed by atoms with Crippen molar-refractivity contribution in [2.45, 2.75) is 31.3 Å². The third-order valence-corrected chi connectivity index (χ3v) is 5.29. The maximum atomic E-state index is 12.6. The minimum Gasteiger partial charge on any atom is -0.337 e. The highest BCUT2D eigenvalue weighted by atomic mass is 16.5. The Morgan fingerprint density at radius 3 is 2.85 bits per heavy atom. The molecule has 2 aromatic rings. The quantitative estimate of drug-likeness (QED) is 0.901. The van der Waals surface area contributed by atoms with Gasteiger partial charge in [-0.1, -0.05) is 35.5 Å². The number of aromatic nitrogens is 2. The minimum absolute atomic E-state index is 0.0923. The topological polar surface area (TPSA) is 74.5 Å². The summed E-state index contributed by atoms with van der Waals surface area (Å²) in [6.45, 7) is 3.43. The summed E-state index contributed by atoms with van der Waals surface area (Å²) in [6, 6.07) is 9.75. The van der Waals surface area contributed by atoms with Gasteiger partial charge in [0.15, 0.2) is 5.82 Å². The summed E-state index contributed by atoms with van der Waals surface area (Å²) in [5.41, 5.74) is 1.01. The Hall–Kier alpha value is -2.25. The molecule has 7 heteroatoms. The summed E-state index contributed by atoms with van der Waals surface area (Å²) in [7, 11) is 2.07. The van der Waals surface area contributed by atoms with Gasteiger partial charge in [-0.15, -0.1) is 0 Å². The van der Waals surface area contributed by atoms with Crippen molar-refractivity contribution in [1.82, 2.24) is 25.3 Å². The number of piperazine rings is 1. The van der Waals surface area contributed by atoms with Gasteiger partial charge in [-0.3, -0.25) is 9.69 Å². The van der Waals surface area contributed by atoms with Gasteiger partial charge in [-0.2, -0.15) is 4.98 Å². The molecule has 2 unspecified atom stereocenters. The fourth-order valence-corrected chi connectivity index (χ4v) is 3.78. The summed E-state index contributed by atoms with van der Waals surface area (Å²) in [5, 5.41) is 7.63. The van der Waals surface area contributed by atoms with E-state index in [1.807, 2.05) is 35.2 Å². The van der Waals surface area contributed by atoms with Crippen molar-refractivity contribution >= 4 is 5.91 Å². The number of piperidine rings is 1. The largest absolute Gasteiger partial charge is 0.337 e. The van der Waals surface area contributed by atoms with Gasteiger partial charge in [0.2, 0.25) is 5.91 Å². The summed E-state index contributed by atoms with van der Waals surface area (Å²) in [6.07, 6.45) is 2.54. The molecule has 2 saturated heterocycles. The van der Waals surface area contributed by atoms with Crippen LogP contribution >= 0.6 is 0 Å². The minimum atomic E-state index is -0.313. The Bertz CT molecular complexity index is 747.